The maximum atomic E-state index is 6.16. The van der Waals surface area contributed by atoms with E-state index in [9.17, 15) is 0 Å². The molecule has 1 atom stereocenters. The monoisotopic (exact) mass is 317 g/mol. The van der Waals surface area contributed by atoms with Crippen LogP contribution < -0.4 is 4.74 Å². The fraction of sp³-hybridized carbons (Fsp3) is 0.778. The van der Waals surface area contributed by atoms with E-state index in [1.54, 1.807) is 12.4 Å². The Morgan fingerprint density at radius 2 is 2.17 bits per heavy atom. The first-order chi connectivity index (χ1) is 11.2. The van der Waals surface area contributed by atoms with Crippen molar-refractivity contribution in [3.05, 3.63) is 18.1 Å². The van der Waals surface area contributed by atoms with Crippen molar-refractivity contribution in [2.24, 2.45) is 5.92 Å². The third kappa shape index (κ3) is 3.36. The molecule has 0 bridgehead atoms. The van der Waals surface area contributed by atoms with E-state index < -0.39 is 0 Å². The molecule has 3 fully saturated rings. The maximum absolute atomic E-state index is 6.16. The summed E-state index contributed by atoms with van der Waals surface area (Å²) in [7, 11) is 0. The normalized spacial score (nSPS) is 27.4. The van der Waals surface area contributed by atoms with Gasteiger partial charge in [-0.15, -0.1) is 0 Å². The van der Waals surface area contributed by atoms with Gasteiger partial charge in [-0.05, 0) is 44.9 Å². The van der Waals surface area contributed by atoms with Crippen LogP contribution in [0.15, 0.2) is 12.4 Å². The van der Waals surface area contributed by atoms with Crippen molar-refractivity contribution < 1.29 is 9.47 Å². The number of hydrogen-bond acceptors (Lipinski definition) is 5. The average Bonchev–Trinajstić information content (AvgIpc) is 2.44. The van der Waals surface area contributed by atoms with E-state index in [0.717, 1.165) is 50.9 Å². The van der Waals surface area contributed by atoms with Crippen LogP contribution in [-0.2, 0) is 4.74 Å². The van der Waals surface area contributed by atoms with Crippen molar-refractivity contribution >= 4 is 0 Å². The summed E-state index contributed by atoms with van der Waals surface area (Å²) in [4.78, 5) is 11.1. The fourth-order valence-electron chi connectivity index (χ4n) is 4.14. The number of nitrogens with zero attached hydrogens (tertiary/aromatic N) is 3. The van der Waals surface area contributed by atoms with E-state index in [2.05, 4.69) is 14.9 Å². The Kier molecular flexibility index (Phi) is 4.24. The summed E-state index contributed by atoms with van der Waals surface area (Å²) in [5.41, 5.74) is 1.06. The predicted molar refractivity (Wildman–Crippen MR) is 87.5 cm³/mol. The lowest BCUT2D eigenvalue weighted by molar-refractivity contribution is -0.195. The molecular weight excluding hydrogens is 290 g/mol. The van der Waals surface area contributed by atoms with Crippen LogP contribution in [0, 0.1) is 12.8 Å². The number of ether oxygens (including phenoxy) is 2. The van der Waals surface area contributed by atoms with Crippen molar-refractivity contribution in [3.8, 4) is 5.88 Å². The first kappa shape index (κ1) is 15.3. The van der Waals surface area contributed by atoms with Crippen LogP contribution in [0.25, 0.3) is 0 Å². The van der Waals surface area contributed by atoms with Crippen LogP contribution in [0.5, 0.6) is 5.88 Å². The zero-order valence-corrected chi connectivity index (χ0v) is 14.0. The van der Waals surface area contributed by atoms with E-state index in [0.29, 0.717) is 11.8 Å². The van der Waals surface area contributed by atoms with Crippen molar-refractivity contribution in [3.63, 3.8) is 0 Å². The fourth-order valence-corrected chi connectivity index (χ4v) is 4.14. The Morgan fingerprint density at radius 3 is 2.91 bits per heavy atom. The van der Waals surface area contributed by atoms with Gasteiger partial charge in [0.1, 0.15) is 0 Å². The Labute approximate surface area is 138 Å². The molecule has 5 heteroatoms. The first-order valence-electron chi connectivity index (χ1n) is 9.02. The highest BCUT2D eigenvalue weighted by Gasteiger charge is 2.49. The summed E-state index contributed by atoms with van der Waals surface area (Å²) in [6.45, 7) is 5.88. The van der Waals surface area contributed by atoms with Crippen LogP contribution in [0.2, 0.25) is 0 Å². The number of aryl methyl sites for hydroxylation is 1. The van der Waals surface area contributed by atoms with Crippen molar-refractivity contribution in [1.82, 2.24) is 14.9 Å². The molecule has 0 radical (unpaired) electrons. The molecule has 0 aromatic carbocycles. The molecule has 4 rings (SSSR count). The van der Waals surface area contributed by atoms with Crippen LogP contribution in [0.3, 0.4) is 0 Å². The molecule has 5 nitrogen and oxygen atoms in total. The quantitative estimate of drug-likeness (QED) is 0.835. The van der Waals surface area contributed by atoms with Gasteiger partial charge in [-0.2, -0.15) is 0 Å². The van der Waals surface area contributed by atoms with Crippen molar-refractivity contribution in [2.45, 2.75) is 57.1 Å². The standard InChI is InChI=1S/C18H27N3O2/c1-14-10-19-11-17(20-14)22-7-5-15-6-8-23-18(9-15)12-21(13-18)16-3-2-4-16/h10-11,15-16H,2-9,12-13H2,1H3. The molecule has 1 aromatic heterocycles. The SMILES string of the molecule is Cc1cncc(OCCC2CCOC3(C2)CN(C2CCC2)C3)n1. The van der Waals surface area contributed by atoms with Gasteiger partial charge in [-0.3, -0.25) is 9.88 Å². The smallest absolute Gasteiger partial charge is 0.232 e. The third-order valence-electron chi connectivity index (χ3n) is 5.68. The molecular formula is C18H27N3O2. The molecule has 2 aliphatic heterocycles. The topological polar surface area (TPSA) is 47.5 Å². The minimum Gasteiger partial charge on any atom is -0.477 e. The third-order valence-corrected chi connectivity index (χ3v) is 5.68. The molecule has 3 aliphatic rings. The number of hydrogen-bond donors (Lipinski definition) is 0. The molecule has 1 unspecified atom stereocenters. The Balaban J connectivity index is 1.22. The summed E-state index contributed by atoms with van der Waals surface area (Å²) in [6, 6.07) is 0.854. The van der Waals surface area contributed by atoms with Gasteiger partial charge in [0.05, 0.1) is 24.1 Å². The summed E-state index contributed by atoms with van der Waals surface area (Å²) in [5.74, 6) is 1.36. The summed E-state index contributed by atoms with van der Waals surface area (Å²) in [5, 5.41) is 0. The minimum atomic E-state index is 0.154. The highest BCUT2D eigenvalue weighted by molar-refractivity contribution is 5.07. The summed E-state index contributed by atoms with van der Waals surface area (Å²) in [6.07, 6.45) is 11.1. The molecule has 0 N–H and O–H groups in total. The number of likely N-dealkylation sites (tertiary alicyclic amines) is 1. The zero-order chi connectivity index (χ0) is 15.7. The highest BCUT2D eigenvalue weighted by Crippen LogP contribution is 2.41. The molecule has 3 heterocycles. The molecule has 126 valence electrons. The van der Waals surface area contributed by atoms with Gasteiger partial charge in [0.25, 0.3) is 0 Å². The van der Waals surface area contributed by atoms with Crippen LogP contribution in [0.1, 0.15) is 44.2 Å². The average molecular weight is 317 g/mol. The Morgan fingerprint density at radius 1 is 1.30 bits per heavy atom. The van der Waals surface area contributed by atoms with E-state index >= 15 is 0 Å². The Hall–Kier alpha value is -1.20. The second-order valence-electron chi connectivity index (χ2n) is 7.52. The second kappa shape index (κ2) is 6.36. The lowest BCUT2D eigenvalue weighted by atomic mass is 9.76. The van der Waals surface area contributed by atoms with E-state index in [-0.39, 0.29) is 5.60 Å². The Bertz CT molecular complexity index is 541. The highest BCUT2D eigenvalue weighted by atomic mass is 16.5. The van der Waals surface area contributed by atoms with Gasteiger partial charge in [-0.25, -0.2) is 4.98 Å². The van der Waals surface area contributed by atoms with Crippen molar-refractivity contribution in [1.29, 1.82) is 0 Å². The molecule has 0 amide bonds. The summed E-state index contributed by atoms with van der Waals surface area (Å²) >= 11 is 0. The molecule has 1 aliphatic carbocycles. The first-order valence-corrected chi connectivity index (χ1v) is 9.02. The van der Waals surface area contributed by atoms with Gasteiger partial charge in [-0.1, -0.05) is 6.42 Å². The molecule has 23 heavy (non-hydrogen) atoms. The maximum Gasteiger partial charge on any atom is 0.232 e. The lowest BCUT2D eigenvalue weighted by Gasteiger charge is -2.57. The van der Waals surface area contributed by atoms with Gasteiger partial charge in [0, 0.05) is 31.9 Å². The molecule has 1 spiro atoms. The minimum absolute atomic E-state index is 0.154. The largest absolute Gasteiger partial charge is 0.477 e. The number of rotatable bonds is 5. The predicted octanol–water partition coefficient (Wildman–Crippen LogP) is 2.59. The van der Waals surface area contributed by atoms with E-state index in [1.807, 2.05) is 6.92 Å². The second-order valence-corrected chi connectivity index (χ2v) is 7.52. The molecule has 1 aromatic rings. The molecule has 1 saturated carbocycles. The van der Waals surface area contributed by atoms with Crippen LogP contribution in [0.4, 0.5) is 0 Å². The van der Waals surface area contributed by atoms with E-state index in [4.69, 9.17) is 9.47 Å². The van der Waals surface area contributed by atoms with Gasteiger partial charge >= 0.3 is 0 Å². The summed E-state index contributed by atoms with van der Waals surface area (Å²) < 4.78 is 11.9. The van der Waals surface area contributed by atoms with Gasteiger partial charge < -0.3 is 9.47 Å². The number of aromatic nitrogens is 2. The van der Waals surface area contributed by atoms with E-state index in [1.165, 1.54) is 25.7 Å². The van der Waals surface area contributed by atoms with Crippen LogP contribution >= 0.6 is 0 Å². The van der Waals surface area contributed by atoms with Gasteiger partial charge in [0.15, 0.2) is 0 Å². The zero-order valence-electron chi connectivity index (χ0n) is 14.0. The lowest BCUT2D eigenvalue weighted by Crippen LogP contribution is -2.68. The molecule has 2 saturated heterocycles. The van der Waals surface area contributed by atoms with Crippen molar-refractivity contribution in [2.75, 3.05) is 26.3 Å². The van der Waals surface area contributed by atoms with Crippen LogP contribution in [-0.4, -0.2) is 52.8 Å². The van der Waals surface area contributed by atoms with Gasteiger partial charge in [0.2, 0.25) is 5.88 Å².